The van der Waals surface area contributed by atoms with Crippen LogP contribution in [0.1, 0.15) is 5.76 Å². The second-order valence-corrected chi connectivity index (χ2v) is 6.42. The van der Waals surface area contributed by atoms with Gasteiger partial charge in [0.25, 0.3) is 0 Å². The molecular formula is C18H13BrN2O5. The largest absolute Gasteiger partial charge is 0.506 e. The molecule has 7 nitrogen and oxygen atoms in total. The first kappa shape index (κ1) is 16.5. The van der Waals surface area contributed by atoms with Gasteiger partial charge in [0.05, 0.1) is 35.7 Å². The van der Waals surface area contributed by atoms with E-state index in [1.807, 2.05) is 6.92 Å². The molecule has 0 fully saturated rings. The van der Waals surface area contributed by atoms with Crippen molar-refractivity contribution in [2.75, 3.05) is 7.11 Å². The second-order valence-electron chi connectivity index (χ2n) is 5.63. The molecule has 0 bridgehead atoms. The van der Waals surface area contributed by atoms with E-state index >= 15 is 0 Å². The van der Waals surface area contributed by atoms with Crippen LogP contribution in [0.2, 0.25) is 0 Å². The van der Waals surface area contributed by atoms with E-state index in [-0.39, 0.29) is 17.0 Å². The van der Waals surface area contributed by atoms with Crippen molar-refractivity contribution in [2.24, 2.45) is 0 Å². The van der Waals surface area contributed by atoms with E-state index in [4.69, 9.17) is 13.6 Å². The van der Waals surface area contributed by atoms with E-state index in [1.165, 1.54) is 13.4 Å². The van der Waals surface area contributed by atoms with E-state index in [1.54, 1.807) is 24.3 Å². The minimum atomic E-state index is -0.573. The van der Waals surface area contributed by atoms with Crippen molar-refractivity contribution in [3.8, 4) is 34.2 Å². The number of nitrogens with zero attached hydrogens (tertiary/aromatic N) is 1. The number of aromatic amines is 1. The lowest BCUT2D eigenvalue weighted by atomic mass is 10.0. The molecule has 0 spiro atoms. The van der Waals surface area contributed by atoms with Crippen molar-refractivity contribution in [1.29, 1.82) is 0 Å². The highest BCUT2D eigenvalue weighted by Gasteiger charge is 2.24. The van der Waals surface area contributed by atoms with Gasteiger partial charge in [-0.1, -0.05) is 0 Å². The summed E-state index contributed by atoms with van der Waals surface area (Å²) in [4.78, 5) is 18.7. The number of furan rings is 2. The molecule has 8 heteroatoms. The van der Waals surface area contributed by atoms with Crippen LogP contribution in [0.5, 0.6) is 11.5 Å². The number of aromatic nitrogens is 2. The van der Waals surface area contributed by atoms with E-state index < -0.39 is 5.69 Å². The minimum absolute atomic E-state index is 0.135. The number of phenolic OH excluding ortho intramolecular Hbond substituents is 1. The first-order valence-electron chi connectivity index (χ1n) is 7.63. The van der Waals surface area contributed by atoms with Crippen molar-refractivity contribution in [1.82, 2.24) is 9.97 Å². The zero-order valence-electron chi connectivity index (χ0n) is 13.8. The predicted octanol–water partition coefficient (Wildman–Crippen LogP) is 4.23. The third-order valence-electron chi connectivity index (χ3n) is 3.99. The van der Waals surface area contributed by atoms with Crippen molar-refractivity contribution < 1.29 is 18.7 Å². The van der Waals surface area contributed by atoms with Gasteiger partial charge in [0, 0.05) is 0 Å². The Bertz CT molecular complexity index is 1190. The molecule has 0 unspecified atom stereocenters. The quantitative estimate of drug-likeness (QED) is 0.518. The Hall–Kier alpha value is -3.00. The zero-order chi connectivity index (χ0) is 18.4. The van der Waals surface area contributed by atoms with Gasteiger partial charge in [-0.05, 0) is 47.1 Å². The highest BCUT2D eigenvalue weighted by molar-refractivity contribution is 9.10. The van der Waals surface area contributed by atoms with Crippen molar-refractivity contribution in [3.63, 3.8) is 0 Å². The smallest absolute Gasteiger partial charge is 0.346 e. The summed E-state index contributed by atoms with van der Waals surface area (Å²) in [5.41, 5.74) is 0.837. The lowest BCUT2D eigenvalue weighted by Crippen LogP contribution is -2.12. The van der Waals surface area contributed by atoms with Gasteiger partial charge in [0.1, 0.15) is 21.7 Å². The number of benzene rings is 1. The summed E-state index contributed by atoms with van der Waals surface area (Å²) in [6.07, 6.45) is 1.49. The number of nitrogens with one attached hydrogen (secondary N) is 1. The molecule has 1 aromatic carbocycles. The molecular weight excluding hydrogens is 404 g/mol. The summed E-state index contributed by atoms with van der Waals surface area (Å²) in [5.74, 6) is 1.42. The maximum absolute atomic E-state index is 12.1. The van der Waals surface area contributed by atoms with Gasteiger partial charge in [-0.2, -0.15) is 4.98 Å². The topological polar surface area (TPSA) is 101 Å². The van der Waals surface area contributed by atoms with Crippen LogP contribution in [0.3, 0.4) is 0 Å². The fraction of sp³-hybridized carbons (Fsp3) is 0.111. The summed E-state index contributed by atoms with van der Waals surface area (Å²) in [5, 5.41) is 11.3. The molecule has 0 saturated carbocycles. The maximum atomic E-state index is 12.1. The summed E-state index contributed by atoms with van der Waals surface area (Å²) in [6, 6.07) is 6.87. The number of halogens is 1. The second kappa shape index (κ2) is 6.06. The van der Waals surface area contributed by atoms with Crippen LogP contribution in [0, 0.1) is 6.92 Å². The van der Waals surface area contributed by atoms with E-state index in [9.17, 15) is 9.90 Å². The van der Waals surface area contributed by atoms with Crippen LogP contribution in [0.4, 0.5) is 0 Å². The molecule has 3 heterocycles. The third kappa shape index (κ3) is 2.50. The van der Waals surface area contributed by atoms with E-state index in [2.05, 4.69) is 25.9 Å². The van der Waals surface area contributed by atoms with Crippen molar-refractivity contribution in [3.05, 3.63) is 51.2 Å². The highest BCUT2D eigenvalue weighted by atomic mass is 79.9. The number of ether oxygens (including phenoxy) is 1. The van der Waals surface area contributed by atoms with Crippen molar-refractivity contribution in [2.45, 2.75) is 6.92 Å². The van der Waals surface area contributed by atoms with E-state index in [0.29, 0.717) is 38.4 Å². The lowest BCUT2D eigenvalue weighted by molar-refractivity contribution is 0.414. The lowest BCUT2D eigenvalue weighted by Gasteiger charge is -2.13. The predicted molar refractivity (Wildman–Crippen MR) is 98.4 cm³/mol. The number of rotatable bonds is 3. The Labute approximate surface area is 155 Å². The molecule has 0 atom stereocenters. The fourth-order valence-corrected chi connectivity index (χ4v) is 3.37. The van der Waals surface area contributed by atoms with Crippen LogP contribution in [-0.4, -0.2) is 22.2 Å². The van der Waals surface area contributed by atoms with Gasteiger partial charge in [-0.25, -0.2) is 4.79 Å². The van der Waals surface area contributed by atoms with Gasteiger partial charge in [0.15, 0.2) is 11.3 Å². The summed E-state index contributed by atoms with van der Waals surface area (Å²) in [7, 11) is 1.47. The summed E-state index contributed by atoms with van der Waals surface area (Å²) in [6.45, 7) is 1.81. The SMILES string of the molecule is COc1c(-c2cc(-c3ccc(C)o3)[nH]c(=O)n2)c(O)c(Br)c2occc12. The number of aryl methyl sites for hydroxylation is 1. The maximum Gasteiger partial charge on any atom is 0.346 e. The van der Waals surface area contributed by atoms with Gasteiger partial charge in [0.2, 0.25) is 0 Å². The molecule has 0 aliphatic rings. The standard InChI is InChI=1S/C18H13BrN2O5/c1-8-3-4-12(26-8)10-7-11(21-18(23)20-10)13-15(22)14(19)17-9(5-6-25-17)16(13)24-2/h3-7,22H,1-2H3,(H,20,21,23). The molecule has 2 N–H and O–H groups in total. The van der Waals surface area contributed by atoms with Crippen LogP contribution in [0.15, 0.2) is 48.6 Å². The van der Waals surface area contributed by atoms with Gasteiger partial charge in [-0.15, -0.1) is 0 Å². The fourth-order valence-electron chi connectivity index (χ4n) is 2.86. The number of hydrogen-bond donors (Lipinski definition) is 2. The molecule has 26 heavy (non-hydrogen) atoms. The molecule has 0 aliphatic carbocycles. The van der Waals surface area contributed by atoms with Crippen LogP contribution in [0.25, 0.3) is 33.7 Å². The normalized spacial score (nSPS) is 11.2. The Balaban J connectivity index is 2.03. The number of phenols is 1. The molecule has 0 aliphatic heterocycles. The zero-order valence-corrected chi connectivity index (χ0v) is 15.4. The Morgan fingerprint density at radius 2 is 2.12 bits per heavy atom. The van der Waals surface area contributed by atoms with Gasteiger partial charge >= 0.3 is 5.69 Å². The number of fused-ring (bicyclic) bond motifs is 1. The average molecular weight is 417 g/mol. The number of methoxy groups -OCH3 is 1. The first-order valence-corrected chi connectivity index (χ1v) is 8.43. The molecule has 0 radical (unpaired) electrons. The highest BCUT2D eigenvalue weighted by Crippen LogP contribution is 2.48. The third-order valence-corrected chi connectivity index (χ3v) is 4.73. The summed E-state index contributed by atoms with van der Waals surface area (Å²) >= 11 is 3.33. The number of hydrogen-bond acceptors (Lipinski definition) is 6. The Morgan fingerprint density at radius 1 is 1.31 bits per heavy atom. The summed E-state index contributed by atoms with van der Waals surface area (Å²) < 4.78 is 16.8. The molecule has 0 amide bonds. The van der Waals surface area contributed by atoms with Gasteiger partial charge in [-0.3, -0.25) is 0 Å². The van der Waals surface area contributed by atoms with Gasteiger partial charge < -0.3 is 23.7 Å². The molecule has 132 valence electrons. The van der Waals surface area contributed by atoms with Crippen LogP contribution >= 0.6 is 15.9 Å². The van der Waals surface area contributed by atoms with Crippen LogP contribution in [-0.2, 0) is 0 Å². The molecule has 4 rings (SSSR count). The van der Waals surface area contributed by atoms with Crippen LogP contribution < -0.4 is 10.4 Å². The molecule has 0 saturated heterocycles. The first-order chi connectivity index (χ1) is 12.5. The average Bonchev–Trinajstić information content (AvgIpc) is 3.26. The Morgan fingerprint density at radius 3 is 2.81 bits per heavy atom. The Kier molecular flexibility index (Phi) is 3.84. The van der Waals surface area contributed by atoms with Crippen molar-refractivity contribution >= 4 is 26.9 Å². The number of H-pyrrole nitrogens is 1. The monoisotopic (exact) mass is 416 g/mol. The molecule has 3 aromatic heterocycles. The number of aromatic hydroxyl groups is 1. The molecule has 4 aromatic rings. The minimum Gasteiger partial charge on any atom is -0.506 e. The van der Waals surface area contributed by atoms with E-state index in [0.717, 1.165) is 0 Å².